The fourth-order valence-corrected chi connectivity index (χ4v) is 3.57. The van der Waals surface area contributed by atoms with Crippen LogP contribution in [0.25, 0.3) is 0 Å². The second-order valence-electron chi connectivity index (χ2n) is 7.16. The van der Waals surface area contributed by atoms with E-state index in [1.165, 1.54) is 11.3 Å². The number of rotatable bonds is 5. The predicted molar refractivity (Wildman–Crippen MR) is 99.2 cm³/mol. The number of nitrogens with zero attached hydrogens (tertiary/aromatic N) is 1. The molecule has 2 N–H and O–H groups in total. The van der Waals surface area contributed by atoms with Gasteiger partial charge < -0.3 is 10.4 Å². The van der Waals surface area contributed by atoms with Crippen molar-refractivity contribution >= 4 is 23.2 Å². The molecule has 0 aliphatic heterocycles. The topological polar surface area (TPSA) is 79.3 Å². The summed E-state index contributed by atoms with van der Waals surface area (Å²) in [6.45, 7) is 9.86. The van der Waals surface area contributed by atoms with Crippen molar-refractivity contribution < 1.29 is 14.7 Å². The first-order chi connectivity index (χ1) is 11.6. The van der Waals surface area contributed by atoms with Crippen LogP contribution in [0.4, 0.5) is 0 Å². The first-order valence-corrected chi connectivity index (χ1v) is 8.97. The van der Waals surface area contributed by atoms with Gasteiger partial charge >= 0.3 is 5.97 Å². The maximum absolute atomic E-state index is 12.7. The first-order valence-electron chi connectivity index (χ1n) is 8.15. The molecule has 0 spiro atoms. The van der Waals surface area contributed by atoms with Gasteiger partial charge in [0.1, 0.15) is 4.88 Å². The third-order valence-corrected chi connectivity index (χ3v) is 5.47. The molecule has 1 unspecified atom stereocenters. The average Bonchev–Trinajstić information content (AvgIpc) is 2.89. The molecule has 0 fully saturated rings. The van der Waals surface area contributed by atoms with E-state index < -0.39 is 12.0 Å². The van der Waals surface area contributed by atoms with Crippen LogP contribution in [0.2, 0.25) is 0 Å². The summed E-state index contributed by atoms with van der Waals surface area (Å²) in [6.07, 6.45) is -0.166. The Bertz CT molecular complexity index is 790. The van der Waals surface area contributed by atoms with E-state index in [1.807, 2.05) is 52.0 Å². The summed E-state index contributed by atoms with van der Waals surface area (Å²) in [5.41, 5.74) is 2.30. The lowest BCUT2D eigenvalue weighted by atomic mass is 9.98. The van der Waals surface area contributed by atoms with Gasteiger partial charge in [-0.15, -0.1) is 11.3 Å². The van der Waals surface area contributed by atoms with Crippen LogP contribution in [-0.2, 0) is 10.2 Å². The van der Waals surface area contributed by atoms with Crippen molar-refractivity contribution in [3.05, 3.63) is 51.0 Å². The minimum Gasteiger partial charge on any atom is -0.481 e. The molecule has 0 radical (unpaired) electrons. The maximum Gasteiger partial charge on any atom is 0.305 e. The molecule has 1 atom stereocenters. The summed E-state index contributed by atoms with van der Waals surface area (Å²) < 4.78 is 0. The molecule has 1 heterocycles. The molecule has 1 aromatic heterocycles. The molecule has 0 aliphatic carbocycles. The van der Waals surface area contributed by atoms with Crippen LogP contribution in [0.1, 0.15) is 64.7 Å². The molecule has 0 bridgehead atoms. The minimum absolute atomic E-state index is 0.134. The largest absolute Gasteiger partial charge is 0.481 e. The number of amides is 1. The SMILES string of the molecule is Cc1ccccc1C(CC(=O)O)NC(=O)c1sc(C(C)(C)C)nc1C. The van der Waals surface area contributed by atoms with Gasteiger partial charge in [-0.3, -0.25) is 9.59 Å². The van der Waals surface area contributed by atoms with Gasteiger partial charge in [0.05, 0.1) is 23.2 Å². The maximum atomic E-state index is 12.7. The molecule has 2 rings (SSSR count). The lowest BCUT2D eigenvalue weighted by molar-refractivity contribution is -0.137. The van der Waals surface area contributed by atoms with Crippen molar-refractivity contribution in [2.75, 3.05) is 0 Å². The van der Waals surface area contributed by atoms with Crippen LogP contribution in [0.5, 0.6) is 0 Å². The lowest BCUT2D eigenvalue weighted by Gasteiger charge is -2.19. The second-order valence-corrected chi connectivity index (χ2v) is 8.16. The fourth-order valence-electron chi connectivity index (χ4n) is 2.54. The van der Waals surface area contributed by atoms with Crippen molar-refractivity contribution in [1.82, 2.24) is 10.3 Å². The Hall–Kier alpha value is -2.21. The standard InChI is InChI=1S/C19H24N2O3S/c1-11-8-6-7-9-13(11)14(10-15(22)23)21-17(24)16-12(2)20-18(25-16)19(3,4)5/h6-9,14H,10H2,1-5H3,(H,21,24)(H,22,23). The summed E-state index contributed by atoms with van der Waals surface area (Å²) >= 11 is 1.36. The van der Waals surface area contributed by atoms with E-state index >= 15 is 0 Å². The Labute approximate surface area is 152 Å². The van der Waals surface area contributed by atoms with Gasteiger partial charge in [-0.05, 0) is 25.0 Å². The van der Waals surface area contributed by atoms with E-state index in [9.17, 15) is 14.7 Å². The highest BCUT2D eigenvalue weighted by atomic mass is 32.1. The molecule has 2 aromatic rings. The van der Waals surface area contributed by atoms with Crippen molar-refractivity contribution in [1.29, 1.82) is 0 Å². The van der Waals surface area contributed by atoms with E-state index in [1.54, 1.807) is 6.92 Å². The zero-order valence-electron chi connectivity index (χ0n) is 15.2. The zero-order chi connectivity index (χ0) is 18.8. The molecular weight excluding hydrogens is 336 g/mol. The number of aliphatic carboxylic acids is 1. The van der Waals surface area contributed by atoms with Gasteiger partial charge in [0.2, 0.25) is 0 Å². The molecule has 5 nitrogen and oxygen atoms in total. The molecular formula is C19H24N2O3S. The number of aryl methyl sites for hydroxylation is 2. The Kier molecular flexibility index (Phi) is 5.62. The van der Waals surface area contributed by atoms with Gasteiger partial charge in [0, 0.05) is 5.41 Å². The van der Waals surface area contributed by atoms with E-state index in [0.29, 0.717) is 10.6 Å². The normalized spacial score (nSPS) is 12.7. The highest BCUT2D eigenvalue weighted by Gasteiger charge is 2.26. The minimum atomic E-state index is -0.954. The number of carboxylic acid groups (broad SMARTS) is 1. The number of carbonyl (C=O) groups excluding carboxylic acids is 1. The summed E-state index contributed by atoms with van der Waals surface area (Å²) in [7, 11) is 0. The van der Waals surface area contributed by atoms with Crippen LogP contribution in [0, 0.1) is 13.8 Å². The van der Waals surface area contributed by atoms with Crippen molar-refractivity contribution in [2.24, 2.45) is 0 Å². The molecule has 0 saturated carbocycles. The van der Waals surface area contributed by atoms with Crippen LogP contribution >= 0.6 is 11.3 Å². The predicted octanol–water partition coefficient (Wildman–Crippen LogP) is 4.00. The Morgan fingerprint density at radius 1 is 1.24 bits per heavy atom. The van der Waals surface area contributed by atoms with Crippen LogP contribution in [-0.4, -0.2) is 22.0 Å². The van der Waals surface area contributed by atoms with E-state index in [0.717, 1.165) is 16.1 Å². The Morgan fingerprint density at radius 3 is 2.40 bits per heavy atom. The zero-order valence-corrected chi connectivity index (χ0v) is 16.0. The number of hydrogen-bond donors (Lipinski definition) is 2. The van der Waals surface area contributed by atoms with Gasteiger partial charge in [-0.25, -0.2) is 4.98 Å². The fraction of sp³-hybridized carbons (Fsp3) is 0.421. The van der Waals surface area contributed by atoms with Crippen molar-refractivity contribution in [3.8, 4) is 0 Å². The number of hydrogen-bond acceptors (Lipinski definition) is 4. The van der Waals surface area contributed by atoms with Crippen LogP contribution in [0.3, 0.4) is 0 Å². The molecule has 1 amide bonds. The number of aromatic nitrogens is 1. The monoisotopic (exact) mass is 360 g/mol. The number of thiazole rings is 1. The summed E-state index contributed by atoms with van der Waals surface area (Å²) in [4.78, 5) is 29.0. The molecule has 0 aliphatic rings. The third kappa shape index (κ3) is 4.66. The highest BCUT2D eigenvalue weighted by Crippen LogP contribution is 2.30. The molecule has 6 heteroatoms. The van der Waals surface area contributed by atoms with E-state index in [-0.39, 0.29) is 17.7 Å². The van der Waals surface area contributed by atoms with Crippen molar-refractivity contribution in [2.45, 2.75) is 52.5 Å². The number of benzene rings is 1. The number of carbonyl (C=O) groups is 2. The van der Waals surface area contributed by atoms with Gasteiger partial charge in [-0.2, -0.15) is 0 Å². The first kappa shape index (κ1) is 19.1. The Balaban J connectivity index is 2.30. The van der Waals surface area contributed by atoms with Gasteiger partial charge in [0.25, 0.3) is 5.91 Å². The molecule has 25 heavy (non-hydrogen) atoms. The summed E-state index contributed by atoms with van der Waals surface area (Å²) in [6, 6.07) is 6.92. The molecule has 0 saturated heterocycles. The van der Waals surface area contributed by atoms with Crippen molar-refractivity contribution in [3.63, 3.8) is 0 Å². The van der Waals surface area contributed by atoms with Crippen LogP contribution in [0.15, 0.2) is 24.3 Å². The summed E-state index contributed by atoms with van der Waals surface area (Å²) in [5, 5.41) is 13.0. The lowest BCUT2D eigenvalue weighted by Crippen LogP contribution is -2.30. The average molecular weight is 360 g/mol. The smallest absolute Gasteiger partial charge is 0.305 e. The second kappa shape index (κ2) is 7.35. The third-order valence-electron chi connectivity index (χ3n) is 3.89. The van der Waals surface area contributed by atoms with Crippen LogP contribution < -0.4 is 5.32 Å². The molecule has 1 aromatic carbocycles. The summed E-state index contributed by atoms with van der Waals surface area (Å²) in [5.74, 6) is -1.23. The quantitative estimate of drug-likeness (QED) is 0.844. The van der Waals surface area contributed by atoms with E-state index in [4.69, 9.17) is 0 Å². The Morgan fingerprint density at radius 2 is 1.88 bits per heavy atom. The number of nitrogens with one attached hydrogen (secondary N) is 1. The van der Waals surface area contributed by atoms with Gasteiger partial charge in [-0.1, -0.05) is 45.0 Å². The van der Waals surface area contributed by atoms with Gasteiger partial charge in [0.15, 0.2) is 0 Å². The number of carboxylic acids is 1. The van der Waals surface area contributed by atoms with E-state index in [2.05, 4.69) is 10.3 Å². The molecule has 134 valence electrons. The highest BCUT2D eigenvalue weighted by molar-refractivity contribution is 7.14.